The van der Waals surface area contributed by atoms with Crippen molar-refractivity contribution in [3.05, 3.63) is 10.6 Å². The summed E-state index contributed by atoms with van der Waals surface area (Å²) in [4.78, 5) is 2.47. The van der Waals surface area contributed by atoms with E-state index < -0.39 is 0 Å². The number of aliphatic hydroxyl groups excluding tert-OH is 1. The number of likely N-dealkylation sites (tertiary alicyclic amines) is 1. The van der Waals surface area contributed by atoms with Crippen LogP contribution in [0.2, 0.25) is 0 Å². The summed E-state index contributed by atoms with van der Waals surface area (Å²) in [5, 5.41) is 13.7. The van der Waals surface area contributed by atoms with Crippen LogP contribution in [-0.4, -0.2) is 36.9 Å². The Bertz CT molecular complexity index is 514. The second-order valence-electron chi connectivity index (χ2n) is 6.93. The average Bonchev–Trinajstić information content (AvgIpc) is 2.87. The standard InChI is InChI=1S/C14H26N4OS/c1-14(2,3)8-11-6-5-7-17(11)10-18-13(20)16(4)12(9-19)15-18/h11,19H,5-10H2,1-4H3. The maximum absolute atomic E-state index is 9.27. The Morgan fingerprint density at radius 2 is 2.10 bits per heavy atom. The third kappa shape index (κ3) is 3.48. The van der Waals surface area contributed by atoms with Crippen LogP contribution >= 0.6 is 12.2 Å². The minimum Gasteiger partial charge on any atom is -0.388 e. The molecule has 1 aromatic rings. The van der Waals surface area contributed by atoms with Crippen LogP contribution in [0.1, 0.15) is 45.9 Å². The Morgan fingerprint density at radius 3 is 2.65 bits per heavy atom. The van der Waals surface area contributed by atoms with Gasteiger partial charge in [-0.1, -0.05) is 20.8 Å². The first kappa shape index (κ1) is 15.7. The van der Waals surface area contributed by atoms with Gasteiger partial charge >= 0.3 is 0 Å². The lowest BCUT2D eigenvalue weighted by atomic mass is 9.87. The summed E-state index contributed by atoms with van der Waals surface area (Å²) < 4.78 is 4.29. The number of hydrogen-bond acceptors (Lipinski definition) is 4. The third-order valence-corrected chi connectivity index (χ3v) is 4.42. The van der Waals surface area contributed by atoms with Gasteiger partial charge in [-0.15, -0.1) is 0 Å². The molecule has 20 heavy (non-hydrogen) atoms. The predicted molar refractivity (Wildman–Crippen MR) is 81.8 cm³/mol. The minimum absolute atomic E-state index is 0.0709. The van der Waals surface area contributed by atoms with E-state index in [4.69, 9.17) is 12.2 Å². The zero-order valence-corrected chi connectivity index (χ0v) is 13.8. The second-order valence-corrected chi connectivity index (χ2v) is 7.30. The lowest BCUT2D eigenvalue weighted by Crippen LogP contribution is -2.34. The summed E-state index contributed by atoms with van der Waals surface area (Å²) in [6.45, 7) is 8.64. The zero-order valence-electron chi connectivity index (χ0n) is 13.0. The first-order chi connectivity index (χ1) is 9.31. The number of aliphatic hydroxyl groups is 1. The van der Waals surface area contributed by atoms with Crippen molar-refractivity contribution in [2.24, 2.45) is 12.5 Å². The highest BCUT2D eigenvalue weighted by Crippen LogP contribution is 2.30. The SMILES string of the molecule is Cn1c(CO)nn(CN2CCCC2CC(C)(C)C)c1=S. The van der Waals surface area contributed by atoms with Crippen LogP contribution in [0.3, 0.4) is 0 Å². The van der Waals surface area contributed by atoms with Gasteiger partial charge in [0.25, 0.3) is 0 Å². The predicted octanol–water partition coefficient (Wildman–Crippen LogP) is 2.30. The molecule has 2 heterocycles. The van der Waals surface area contributed by atoms with Gasteiger partial charge in [-0.3, -0.25) is 4.90 Å². The van der Waals surface area contributed by atoms with Gasteiger partial charge in [-0.05, 0) is 36.9 Å². The third-order valence-electron chi connectivity index (χ3n) is 3.94. The Labute approximate surface area is 126 Å². The van der Waals surface area contributed by atoms with Crippen molar-refractivity contribution >= 4 is 12.2 Å². The van der Waals surface area contributed by atoms with E-state index in [2.05, 4.69) is 30.8 Å². The first-order valence-electron chi connectivity index (χ1n) is 7.29. The molecule has 1 aliphatic rings. The molecule has 114 valence electrons. The maximum atomic E-state index is 9.27. The molecule has 1 fully saturated rings. The highest BCUT2D eigenvalue weighted by Gasteiger charge is 2.29. The normalized spacial score (nSPS) is 20.8. The first-order valence-corrected chi connectivity index (χ1v) is 7.70. The van der Waals surface area contributed by atoms with Crippen molar-refractivity contribution in [3.8, 4) is 0 Å². The molecule has 0 radical (unpaired) electrons. The molecule has 1 N–H and O–H groups in total. The largest absolute Gasteiger partial charge is 0.388 e. The van der Waals surface area contributed by atoms with Crippen molar-refractivity contribution in [1.29, 1.82) is 0 Å². The molecule has 0 saturated carbocycles. The summed E-state index contributed by atoms with van der Waals surface area (Å²) in [7, 11) is 1.86. The van der Waals surface area contributed by atoms with Crippen LogP contribution < -0.4 is 0 Å². The zero-order chi connectivity index (χ0) is 14.9. The van der Waals surface area contributed by atoms with Crippen LogP contribution in [0.15, 0.2) is 0 Å². The van der Waals surface area contributed by atoms with Crippen molar-refractivity contribution < 1.29 is 5.11 Å². The fourth-order valence-corrected chi connectivity index (χ4v) is 3.16. The van der Waals surface area contributed by atoms with E-state index in [9.17, 15) is 5.11 Å². The molecule has 1 atom stereocenters. The summed E-state index contributed by atoms with van der Waals surface area (Å²) in [5.74, 6) is 0.626. The van der Waals surface area contributed by atoms with Gasteiger partial charge in [0.05, 0.1) is 6.67 Å². The van der Waals surface area contributed by atoms with Crippen LogP contribution in [0.4, 0.5) is 0 Å². The van der Waals surface area contributed by atoms with Crippen molar-refractivity contribution in [1.82, 2.24) is 19.2 Å². The van der Waals surface area contributed by atoms with Crippen molar-refractivity contribution in [2.75, 3.05) is 6.54 Å². The van der Waals surface area contributed by atoms with E-state index in [0.29, 0.717) is 22.1 Å². The molecule has 1 aliphatic heterocycles. The fourth-order valence-electron chi connectivity index (χ4n) is 2.95. The van der Waals surface area contributed by atoms with Crippen LogP contribution in [0.5, 0.6) is 0 Å². The fraction of sp³-hybridized carbons (Fsp3) is 0.857. The molecule has 0 aliphatic carbocycles. The summed E-state index contributed by atoms with van der Waals surface area (Å²) in [6.07, 6.45) is 3.69. The monoisotopic (exact) mass is 298 g/mol. The van der Waals surface area contributed by atoms with Crippen molar-refractivity contribution in [2.45, 2.75) is 59.4 Å². The molecule has 2 rings (SSSR count). The summed E-state index contributed by atoms with van der Waals surface area (Å²) >= 11 is 5.39. The molecule has 0 amide bonds. The van der Waals surface area contributed by atoms with E-state index >= 15 is 0 Å². The second kappa shape index (κ2) is 5.95. The molecular formula is C14H26N4OS. The molecule has 0 bridgehead atoms. The van der Waals surface area contributed by atoms with Gasteiger partial charge < -0.3 is 9.67 Å². The number of aromatic nitrogens is 3. The molecule has 1 saturated heterocycles. The molecule has 0 spiro atoms. The van der Waals surface area contributed by atoms with Crippen molar-refractivity contribution in [3.63, 3.8) is 0 Å². The average molecular weight is 298 g/mol. The Kier molecular flexibility index (Phi) is 4.66. The Balaban J connectivity index is 2.11. The Morgan fingerprint density at radius 1 is 1.40 bits per heavy atom. The summed E-state index contributed by atoms with van der Waals surface area (Å²) in [5.41, 5.74) is 0.342. The minimum atomic E-state index is -0.0709. The van der Waals surface area contributed by atoms with E-state index in [1.165, 1.54) is 19.3 Å². The molecule has 5 nitrogen and oxygen atoms in total. The maximum Gasteiger partial charge on any atom is 0.198 e. The molecule has 1 aromatic heterocycles. The number of hydrogen-bond donors (Lipinski definition) is 1. The molecule has 6 heteroatoms. The topological polar surface area (TPSA) is 46.2 Å². The highest BCUT2D eigenvalue weighted by atomic mass is 32.1. The number of rotatable bonds is 4. The van der Waals surface area contributed by atoms with Gasteiger partial charge in [0.2, 0.25) is 0 Å². The van der Waals surface area contributed by atoms with Crippen LogP contribution in [-0.2, 0) is 20.3 Å². The van der Waals surface area contributed by atoms with E-state index in [1.807, 2.05) is 11.7 Å². The van der Waals surface area contributed by atoms with Gasteiger partial charge in [0.15, 0.2) is 10.6 Å². The lowest BCUT2D eigenvalue weighted by molar-refractivity contribution is 0.147. The van der Waals surface area contributed by atoms with Gasteiger partial charge in [-0.25, -0.2) is 4.68 Å². The highest BCUT2D eigenvalue weighted by molar-refractivity contribution is 7.71. The molecule has 1 unspecified atom stereocenters. The van der Waals surface area contributed by atoms with E-state index in [-0.39, 0.29) is 6.61 Å². The Hall–Kier alpha value is -0.720. The van der Waals surface area contributed by atoms with Gasteiger partial charge in [0, 0.05) is 19.6 Å². The molecule has 0 aromatic carbocycles. The quantitative estimate of drug-likeness (QED) is 0.867. The lowest BCUT2D eigenvalue weighted by Gasteiger charge is -2.30. The van der Waals surface area contributed by atoms with E-state index in [0.717, 1.165) is 13.2 Å². The smallest absolute Gasteiger partial charge is 0.198 e. The van der Waals surface area contributed by atoms with Crippen LogP contribution in [0.25, 0.3) is 0 Å². The van der Waals surface area contributed by atoms with Gasteiger partial charge in [-0.2, -0.15) is 5.10 Å². The van der Waals surface area contributed by atoms with Crippen LogP contribution in [0, 0.1) is 10.2 Å². The molecular weight excluding hydrogens is 272 g/mol. The number of nitrogens with zero attached hydrogens (tertiary/aromatic N) is 4. The summed E-state index contributed by atoms with van der Waals surface area (Å²) in [6, 6.07) is 0.608. The van der Waals surface area contributed by atoms with Gasteiger partial charge in [0.1, 0.15) is 6.61 Å². The van der Waals surface area contributed by atoms with E-state index in [1.54, 1.807) is 4.57 Å².